The smallest absolute Gasteiger partial charge is 0.462 e. The number of unbranched alkanes of at least 4 members (excludes halogenated alkanes) is 2. The first-order chi connectivity index (χ1) is 14.0. The van der Waals surface area contributed by atoms with E-state index >= 15 is 0 Å². The summed E-state index contributed by atoms with van der Waals surface area (Å²) in [5, 5.41) is 0. The minimum atomic E-state index is -0.643. The summed E-state index contributed by atoms with van der Waals surface area (Å²) in [6, 6.07) is 0. The molecule has 1 fully saturated rings. The van der Waals surface area contributed by atoms with Crippen LogP contribution in [0.3, 0.4) is 0 Å². The molecule has 1 saturated heterocycles. The Hall–Kier alpha value is -1.86. The van der Waals surface area contributed by atoms with Gasteiger partial charge in [-0.1, -0.05) is 6.58 Å². The predicted molar refractivity (Wildman–Crippen MR) is 114 cm³/mol. The maximum atomic E-state index is 11.3. The number of rotatable bonds is 15. The van der Waals surface area contributed by atoms with E-state index in [1.165, 1.54) is 0 Å². The van der Waals surface area contributed by atoms with Gasteiger partial charge in [-0.15, -0.1) is 0 Å². The highest BCUT2D eigenvalue weighted by molar-refractivity contribution is 5.86. The third-order valence-corrected chi connectivity index (χ3v) is 4.65. The highest BCUT2D eigenvalue weighted by Gasteiger charge is 2.22. The molecule has 0 N–H and O–H groups in total. The molecule has 0 aromatic carbocycles. The number of hydrogen-bond donors (Lipinski definition) is 0. The zero-order valence-electron chi connectivity index (χ0n) is 19.2. The summed E-state index contributed by atoms with van der Waals surface area (Å²) in [6.45, 7) is 15.3. The number of hydrogen-bond acceptors (Lipinski definition) is 7. The standard InChI is InChI=1S/C23H38O7/c1-18(2)20(24)26-14-9-10-16-28-22(3,4)12-7-8-15-29-23(5,6)13-11-19-17-27-21(25)30-19/h11H,1,7-10,12-17H2,2-6H3. The Bertz CT molecular complexity index is 605. The number of carbonyl (C=O) groups is 2. The van der Waals surface area contributed by atoms with E-state index in [4.69, 9.17) is 23.7 Å². The first-order valence-corrected chi connectivity index (χ1v) is 10.6. The van der Waals surface area contributed by atoms with Crippen molar-refractivity contribution in [3.63, 3.8) is 0 Å². The summed E-state index contributed by atoms with van der Waals surface area (Å²) in [5.74, 6) is 0.207. The molecule has 0 unspecified atom stereocenters. The molecule has 0 spiro atoms. The van der Waals surface area contributed by atoms with Crippen molar-refractivity contribution in [2.24, 2.45) is 0 Å². The first-order valence-electron chi connectivity index (χ1n) is 10.6. The molecular formula is C23H38O7. The molecular weight excluding hydrogens is 388 g/mol. The topological polar surface area (TPSA) is 80.3 Å². The molecule has 7 nitrogen and oxygen atoms in total. The summed E-state index contributed by atoms with van der Waals surface area (Å²) in [6.07, 6.45) is 6.37. The molecule has 1 aliphatic heterocycles. The number of carbonyl (C=O) groups excluding carboxylic acids is 2. The van der Waals surface area contributed by atoms with Gasteiger partial charge in [0.05, 0.1) is 17.8 Å². The third-order valence-electron chi connectivity index (χ3n) is 4.65. The average molecular weight is 427 g/mol. The Balaban J connectivity index is 2.09. The Morgan fingerprint density at radius 3 is 2.23 bits per heavy atom. The van der Waals surface area contributed by atoms with Gasteiger partial charge in [0.1, 0.15) is 5.76 Å². The molecule has 0 bridgehead atoms. The second-order valence-corrected chi connectivity index (χ2v) is 8.81. The van der Waals surface area contributed by atoms with Crippen LogP contribution < -0.4 is 0 Å². The van der Waals surface area contributed by atoms with Crippen molar-refractivity contribution in [1.29, 1.82) is 0 Å². The van der Waals surface area contributed by atoms with Crippen LogP contribution in [0.5, 0.6) is 0 Å². The van der Waals surface area contributed by atoms with Crippen LogP contribution in [-0.2, 0) is 28.5 Å². The zero-order chi connectivity index (χ0) is 22.6. The van der Waals surface area contributed by atoms with Crippen molar-refractivity contribution in [1.82, 2.24) is 0 Å². The first kappa shape index (κ1) is 26.2. The van der Waals surface area contributed by atoms with Crippen molar-refractivity contribution in [2.75, 3.05) is 26.4 Å². The second-order valence-electron chi connectivity index (χ2n) is 8.81. The highest BCUT2D eigenvalue weighted by atomic mass is 16.8. The lowest BCUT2D eigenvalue weighted by atomic mass is 10.0. The molecule has 0 saturated carbocycles. The van der Waals surface area contributed by atoms with Crippen LogP contribution in [0.4, 0.5) is 4.79 Å². The van der Waals surface area contributed by atoms with Gasteiger partial charge < -0.3 is 23.7 Å². The summed E-state index contributed by atoms with van der Waals surface area (Å²) >= 11 is 0. The molecule has 1 aliphatic rings. The molecule has 1 rings (SSSR count). The van der Waals surface area contributed by atoms with Gasteiger partial charge in [0.15, 0.2) is 6.61 Å². The lowest BCUT2D eigenvalue weighted by molar-refractivity contribution is -0.139. The van der Waals surface area contributed by atoms with Crippen molar-refractivity contribution in [3.8, 4) is 0 Å². The number of cyclic esters (lactones) is 2. The monoisotopic (exact) mass is 426 g/mol. The van der Waals surface area contributed by atoms with Crippen LogP contribution in [0, 0.1) is 0 Å². The second kappa shape index (κ2) is 12.7. The average Bonchev–Trinajstić information content (AvgIpc) is 3.07. The van der Waals surface area contributed by atoms with E-state index in [2.05, 4.69) is 20.4 Å². The molecule has 0 atom stereocenters. The predicted octanol–water partition coefficient (Wildman–Crippen LogP) is 5.09. The van der Waals surface area contributed by atoms with E-state index < -0.39 is 6.16 Å². The lowest BCUT2D eigenvalue weighted by Crippen LogP contribution is -2.26. The minimum absolute atomic E-state index is 0.194. The molecule has 0 aromatic rings. The Morgan fingerprint density at radius 2 is 1.63 bits per heavy atom. The van der Waals surface area contributed by atoms with Gasteiger partial charge in [-0.3, -0.25) is 0 Å². The maximum absolute atomic E-state index is 11.3. The Kier molecular flexibility index (Phi) is 11.1. The fraction of sp³-hybridized carbons (Fsp3) is 0.739. The number of ether oxygens (including phenoxy) is 5. The van der Waals surface area contributed by atoms with Crippen molar-refractivity contribution in [3.05, 3.63) is 24.0 Å². The van der Waals surface area contributed by atoms with Crippen LogP contribution in [-0.4, -0.2) is 49.8 Å². The Morgan fingerprint density at radius 1 is 1.03 bits per heavy atom. The van der Waals surface area contributed by atoms with Gasteiger partial charge in [0.25, 0.3) is 0 Å². The normalized spacial score (nSPS) is 15.8. The van der Waals surface area contributed by atoms with Crippen LogP contribution >= 0.6 is 0 Å². The van der Waals surface area contributed by atoms with Crippen LogP contribution in [0.25, 0.3) is 0 Å². The van der Waals surface area contributed by atoms with Crippen LogP contribution in [0.2, 0.25) is 0 Å². The summed E-state index contributed by atoms with van der Waals surface area (Å²) < 4.78 is 26.7. The van der Waals surface area contributed by atoms with Gasteiger partial charge in [-0.2, -0.15) is 0 Å². The largest absolute Gasteiger partial charge is 0.514 e. The van der Waals surface area contributed by atoms with Gasteiger partial charge in [-0.05, 0) is 79.2 Å². The quantitative estimate of drug-likeness (QED) is 0.205. The summed E-state index contributed by atoms with van der Waals surface area (Å²) in [4.78, 5) is 22.2. The lowest BCUT2D eigenvalue weighted by Gasteiger charge is -2.27. The fourth-order valence-corrected chi connectivity index (χ4v) is 2.73. The Labute approximate surface area is 180 Å². The summed E-state index contributed by atoms with van der Waals surface area (Å²) in [5.41, 5.74) is -0.104. The van der Waals surface area contributed by atoms with Crippen molar-refractivity contribution >= 4 is 12.1 Å². The van der Waals surface area contributed by atoms with Crippen molar-refractivity contribution < 1.29 is 33.3 Å². The third kappa shape index (κ3) is 12.0. The molecule has 0 aromatic heterocycles. The highest BCUT2D eigenvalue weighted by Crippen LogP contribution is 2.22. The molecule has 7 heteroatoms. The fourth-order valence-electron chi connectivity index (χ4n) is 2.73. The van der Waals surface area contributed by atoms with Gasteiger partial charge in [0.2, 0.25) is 0 Å². The zero-order valence-corrected chi connectivity index (χ0v) is 19.2. The molecule has 0 aliphatic carbocycles. The van der Waals surface area contributed by atoms with Crippen LogP contribution in [0.15, 0.2) is 24.0 Å². The molecule has 1 heterocycles. The molecule has 30 heavy (non-hydrogen) atoms. The van der Waals surface area contributed by atoms with E-state index in [0.717, 1.165) is 32.1 Å². The summed E-state index contributed by atoms with van der Waals surface area (Å²) in [7, 11) is 0. The van der Waals surface area contributed by atoms with Gasteiger partial charge in [0, 0.05) is 18.8 Å². The molecule has 0 amide bonds. The molecule has 172 valence electrons. The van der Waals surface area contributed by atoms with Gasteiger partial charge in [-0.25, -0.2) is 9.59 Å². The SMILES string of the molecule is C=C(C)C(=O)OCCCCOC(C)(C)CCCCOC(C)(C)CC=C1COC(=O)O1. The van der Waals surface area contributed by atoms with Crippen LogP contribution in [0.1, 0.15) is 73.1 Å². The maximum Gasteiger partial charge on any atom is 0.514 e. The van der Waals surface area contributed by atoms with E-state index in [9.17, 15) is 9.59 Å². The minimum Gasteiger partial charge on any atom is -0.462 e. The van der Waals surface area contributed by atoms with Gasteiger partial charge >= 0.3 is 12.1 Å². The van der Waals surface area contributed by atoms with Crippen molar-refractivity contribution in [2.45, 2.75) is 84.3 Å². The van der Waals surface area contributed by atoms with E-state index in [-0.39, 0.29) is 23.8 Å². The number of esters is 1. The van der Waals surface area contributed by atoms with E-state index in [0.29, 0.717) is 37.6 Å². The molecule has 0 radical (unpaired) electrons. The van der Waals surface area contributed by atoms with E-state index in [1.807, 2.05) is 19.9 Å². The van der Waals surface area contributed by atoms with E-state index in [1.54, 1.807) is 6.92 Å².